The van der Waals surface area contributed by atoms with Crippen molar-refractivity contribution in [3.63, 3.8) is 0 Å². The Balaban J connectivity index is 2.56. The molecule has 0 spiro atoms. The van der Waals surface area contributed by atoms with Crippen molar-refractivity contribution in [2.45, 2.75) is 52.5 Å². The van der Waals surface area contributed by atoms with E-state index < -0.39 is 0 Å². The fraction of sp³-hybridized carbons (Fsp3) is 0.500. The molecular formula is C18H26N2O2S. The van der Waals surface area contributed by atoms with Crippen molar-refractivity contribution < 1.29 is 9.90 Å². The van der Waals surface area contributed by atoms with E-state index in [0.29, 0.717) is 18.5 Å². The van der Waals surface area contributed by atoms with Crippen molar-refractivity contribution in [2.75, 3.05) is 6.61 Å². The first-order valence-corrected chi connectivity index (χ1v) is 9.21. The van der Waals surface area contributed by atoms with Crippen LogP contribution in [0.4, 0.5) is 0 Å². The Labute approximate surface area is 141 Å². The van der Waals surface area contributed by atoms with Gasteiger partial charge in [-0.3, -0.25) is 4.79 Å². The number of aliphatic hydroxyl groups is 1. The highest BCUT2D eigenvalue weighted by Gasteiger charge is 2.24. The van der Waals surface area contributed by atoms with Gasteiger partial charge >= 0.3 is 0 Å². The zero-order valence-corrected chi connectivity index (χ0v) is 14.8. The average Bonchev–Trinajstić information content (AvgIpc) is 3.12. The molecule has 0 aliphatic heterocycles. The molecular weight excluding hydrogens is 308 g/mol. The lowest BCUT2D eigenvalue weighted by atomic mass is 9.99. The molecule has 23 heavy (non-hydrogen) atoms. The van der Waals surface area contributed by atoms with Gasteiger partial charge in [0, 0.05) is 30.1 Å². The molecule has 0 saturated heterocycles. The number of thiophene rings is 1. The van der Waals surface area contributed by atoms with Gasteiger partial charge in [0.2, 0.25) is 0 Å². The van der Waals surface area contributed by atoms with E-state index in [4.69, 9.17) is 5.73 Å². The summed E-state index contributed by atoms with van der Waals surface area (Å²) in [5, 5.41) is 13.3. The molecule has 2 aromatic heterocycles. The van der Waals surface area contributed by atoms with Crippen LogP contribution in [-0.4, -0.2) is 22.2 Å². The number of hydrogen-bond acceptors (Lipinski definition) is 3. The van der Waals surface area contributed by atoms with Crippen molar-refractivity contribution in [3.8, 4) is 11.1 Å². The minimum atomic E-state index is -0.372. The minimum Gasteiger partial charge on any atom is -0.396 e. The standard InChI is InChI=1S/C18H26N2O2S/c1-3-4-5-7-15-17(14-8-11-23-12-14)16(18(19)22)13(2)20(15)9-6-10-21/h8,11-12,21H,3-7,9-10H2,1-2H3,(H2,19,22). The monoisotopic (exact) mass is 334 g/mol. The number of aliphatic hydroxyl groups excluding tert-OH is 1. The third-order valence-electron chi connectivity index (χ3n) is 4.24. The Morgan fingerprint density at radius 1 is 1.35 bits per heavy atom. The molecule has 0 saturated carbocycles. The summed E-state index contributed by atoms with van der Waals surface area (Å²) in [6, 6.07) is 2.05. The molecule has 0 atom stereocenters. The van der Waals surface area contributed by atoms with E-state index >= 15 is 0 Å². The van der Waals surface area contributed by atoms with Crippen molar-refractivity contribution in [2.24, 2.45) is 5.73 Å². The number of unbranched alkanes of at least 4 members (excludes halogenated alkanes) is 2. The average molecular weight is 334 g/mol. The summed E-state index contributed by atoms with van der Waals surface area (Å²) >= 11 is 1.62. The van der Waals surface area contributed by atoms with Gasteiger partial charge in [-0.2, -0.15) is 11.3 Å². The van der Waals surface area contributed by atoms with Crippen molar-refractivity contribution in [3.05, 3.63) is 33.8 Å². The summed E-state index contributed by atoms with van der Waals surface area (Å²) in [6.07, 6.45) is 5.02. The molecule has 0 radical (unpaired) electrons. The van der Waals surface area contributed by atoms with Crippen LogP contribution >= 0.6 is 11.3 Å². The van der Waals surface area contributed by atoms with E-state index in [1.54, 1.807) is 11.3 Å². The number of nitrogens with two attached hydrogens (primary N) is 1. The maximum Gasteiger partial charge on any atom is 0.251 e. The predicted molar refractivity (Wildman–Crippen MR) is 95.9 cm³/mol. The minimum absolute atomic E-state index is 0.145. The smallest absolute Gasteiger partial charge is 0.251 e. The molecule has 5 heteroatoms. The molecule has 0 aliphatic rings. The maximum atomic E-state index is 12.1. The van der Waals surface area contributed by atoms with Gasteiger partial charge in [0.05, 0.1) is 5.56 Å². The maximum absolute atomic E-state index is 12.1. The van der Waals surface area contributed by atoms with Gasteiger partial charge in [-0.15, -0.1) is 0 Å². The Bertz CT molecular complexity index is 645. The first-order valence-electron chi connectivity index (χ1n) is 8.27. The molecule has 3 N–H and O–H groups in total. The fourth-order valence-electron chi connectivity index (χ4n) is 3.15. The normalized spacial score (nSPS) is 11.1. The molecule has 0 unspecified atom stereocenters. The SMILES string of the molecule is CCCCCc1c(-c2ccsc2)c(C(N)=O)c(C)n1CCCO. The third-order valence-corrected chi connectivity index (χ3v) is 4.93. The summed E-state index contributed by atoms with van der Waals surface area (Å²) in [7, 11) is 0. The van der Waals surface area contributed by atoms with Crippen LogP contribution in [0.1, 0.15) is 54.4 Å². The lowest BCUT2D eigenvalue weighted by Gasteiger charge is -2.12. The van der Waals surface area contributed by atoms with Gasteiger partial charge in [0.1, 0.15) is 0 Å². The molecule has 0 aliphatic carbocycles. The first-order chi connectivity index (χ1) is 11.1. The van der Waals surface area contributed by atoms with Gasteiger partial charge < -0.3 is 15.4 Å². The van der Waals surface area contributed by atoms with Crippen molar-refractivity contribution in [1.29, 1.82) is 0 Å². The zero-order chi connectivity index (χ0) is 16.8. The van der Waals surface area contributed by atoms with Crippen LogP contribution in [0, 0.1) is 6.92 Å². The Morgan fingerprint density at radius 2 is 2.13 bits per heavy atom. The van der Waals surface area contributed by atoms with Crippen molar-refractivity contribution >= 4 is 17.2 Å². The molecule has 0 fully saturated rings. The van der Waals surface area contributed by atoms with Gasteiger partial charge in [-0.1, -0.05) is 19.8 Å². The molecule has 0 aromatic carbocycles. The highest BCUT2D eigenvalue weighted by molar-refractivity contribution is 7.08. The second-order valence-electron chi connectivity index (χ2n) is 5.84. The predicted octanol–water partition coefficient (Wildman–Crippen LogP) is 3.74. The molecule has 126 valence electrons. The van der Waals surface area contributed by atoms with Crippen LogP contribution in [-0.2, 0) is 13.0 Å². The summed E-state index contributed by atoms with van der Waals surface area (Å²) in [5.74, 6) is -0.372. The number of amides is 1. The number of hydrogen-bond donors (Lipinski definition) is 2. The van der Waals surface area contributed by atoms with Crippen molar-refractivity contribution in [1.82, 2.24) is 4.57 Å². The van der Waals surface area contributed by atoms with Gasteiger partial charge in [0.25, 0.3) is 5.91 Å². The van der Waals surface area contributed by atoms with E-state index in [9.17, 15) is 9.90 Å². The Kier molecular flexibility index (Phi) is 6.42. The van der Waals surface area contributed by atoms with Gasteiger partial charge in [-0.05, 0) is 48.6 Å². The van der Waals surface area contributed by atoms with Gasteiger partial charge in [0.15, 0.2) is 0 Å². The highest BCUT2D eigenvalue weighted by atomic mass is 32.1. The van der Waals surface area contributed by atoms with Crippen LogP contribution in [0.3, 0.4) is 0 Å². The lowest BCUT2D eigenvalue weighted by molar-refractivity contribution is 0.1000. The van der Waals surface area contributed by atoms with E-state index in [0.717, 1.165) is 36.1 Å². The quantitative estimate of drug-likeness (QED) is 0.686. The zero-order valence-electron chi connectivity index (χ0n) is 14.0. The molecule has 2 aromatic rings. The molecule has 4 nitrogen and oxygen atoms in total. The summed E-state index contributed by atoms with van der Waals surface area (Å²) in [4.78, 5) is 12.1. The Hall–Kier alpha value is -1.59. The summed E-state index contributed by atoms with van der Waals surface area (Å²) < 4.78 is 2.18. The highest BCUT2D eigenvalue weighted by Crippen LogP contribution is 2.35. The van der Waals surface area contributed by atoms with Crippen LogP contribution in [0.5, 0.6) is 0 Å². The number of carbonyl (C=O) groups excluding carboxylic acids is 1. The largest absolute Gasteiger partial charge is 0.396 e. The molecule has 0 bridgehead atoms. The number of primary amides is 1. The van der Waals surface area contributed by atoms with Gasteiger partial charge in [-0.25, -0.2) is 0 Å². The third kappa shape index (κ3) is 3.85. The van der Waals surface area contributed by atoms with Crippen LogP contribution in [0.25, 0.3) is 11.1 Å². The molecule has 1 amide bonds. The lowest BCUT2D eigenvalue weighted by Crippen LogP contribution is -2.13. The first kappa shape index (κ1) is 17.8. The number of nitrogens with zero attached hydrogens (tertiary/aromatic N) is 1. The molecule has 2 heterocycles. The van der Waals surface area contributed by atoms with E-state index in [1.807, 2.05) is 18.4 Å². The summed E-state index contributed by atoms with van der Waals surface area (Å²) in [5.41, 5.74) is 10.5. The van der Waals surface area contributed by atoms with E-state index in [1.165, 1.54) is 12.1 Å². The number of carbonyl (C=O) groups is 1. The number of aromatic nitrogens is 1. The van der Waals surface area contributed by atoms with Crippen LogP contribution in [0.2, 0.25) is 0 Å². The van der Waals surface area contributed by atoms with E-state index in [2.05, 4.69) is 16.9 Å². The summed E-state index contributed by atoms with van der Waals surface area (Å²) in [6.45, 7) is 5.00. The topological polar surface area (TPSA) is 68.2 Å². The Morgan fingerprint density at radius 3 is 2.70 bits per heavy atom. The fourth-order valence-corrected chi connectivity index (χ4v) is 3.80. The second kappa shape index (κ2) is 8.31. The number of rotatable bonds is 9. The van der Waals surface area contributed by atoms with Crippen LogP contribution in [0.15, 0.2) is 16.8 Å². The second-order valence-corrected chi connectivity index (χ2v) is 6.62. The molecule has 2 rings (SSSR count). The van der Waals surface area contributed by atoms with Crippen LogP contribution < -0.4 is 5.73 Å². The van der Waals surface area contributed by atoms with E-state index in [-0.39, 0.29) is 12.5 Å².